The monoisotopic (exact) mass is 440 g/mol. The first-order valence-electron chi connectivity index (χ1n) is 9.70. The Morgan fingerprint density at radius 3 is 1.88 bits per heavy atom. The summed E-state index contributed by atoms with van der Waals surface area (Å²) in [6.07, 6.45) is 7.72. The predicted molar refractivity (Wildman–Crippen MR) is 107 cm³/mol. The summed E-state index contributed by atoms with van der Waals surface area (Å²) in [5, 5.41) is 0. The molecule has 0 bridgehead atoms. The number of carbonyl (C=O) groups is 1. The van der Waals surface area contributed by atoms with Gasteiger partial charge in [0.05, 0.1) is 0 Å². The van der Waals surface area contributed by atoms with Crippen molar-refractivity contribution in [2.24, 2.45) is 0 Å². The van der Waals surface area contributed by atoms with Crippen molar-refractivity contribution < 1.29 is 4.79 Å². The third-order valence-electron chi connectivity index (χ3n) is 4.94. The molecule has 0 saturated carbocycles. The number of unbranched alkanes of at least 4 members (excludes halogenated alkanes) is 3. The summed E-state index contributed by atoms with van der Waals surface area (Å²) in [5.74, 6) is 0.0264. The van der Waals surface area contributed by atoms with Gasteiger partial charge in [-0.05, 0) is 0 Å². The van der Waals surface area contributed by atoms with Crippen LogP contribution in [0.5, 0.6) is 0 Å². The molecule has 0 aromatic carbocycles. The van der Waals surface area contributed by atoms with E-state index in [9.17, 15) is 4.79 Å². The number of carbonyl (C=O) groups excluding carboxylic acids is 1. The summed E-state index contributed by atoms with van der Waals surface area (Å²) in [7, 11) is 3.61. The van der Waals surface area contributed by atoms with E-state index in [1.54, 1.807) is 19.0 Å². The van der Waals surface area contributed by atoms with Crippen molar-refractivity contribution in [1.82, 2.24) is 9.88 Å². The Bertz CT molecular complexity index is 480. The Morgan fingerprint density at radius 1 is 0.958 bits per heavy atom. The van der Waals surface area contributed by atoms with Crippen LogP contribution in [0.1, 0.15) is 69.8 Å². The fourth-order valence-electron chi connectivity index (χ4n) is 3.38. The molecule has 136 valence electrons. The maximum absolute atomic E-state index is 12.4. The molecule has 0 aliphatic carbocycles. The SMILES string of the molecule is CCC[CH2][Sn]([CH2]CCC)([CH2]CCC)[c]1cccc(C(=O)N(C)C)n1. The number of rotatable bonds is 11. The van der Waals surface area contributed by atoms with Crippen molar-refractivity contribution in [3.8, 4) is 0 Å². The average molecular weight is 439 g/mol. The van der Waals surface area contributed by atoms with E-state index in [0.717, 1.165) is 0 Å². The molecule has 3 nitrogen and oxygen atoms in total. The first kappa shape index (κ1) is 21.5. The molecule has 1 aromatic heterocycles. The van der Waals surface area contributed by atoms with Crippen LogP contribution in [0.2, 0.25) is 13.3 Å². The van der Waals surface area contributed by atoms with Crippen LogP contribution in [-0.2, 0) is 0 Å². The molecule has 0 aliphatic heterocycles. The third kappa shape index (κ3) is 6.05. The quantitative estimate of drug-likeness (QED) is 0.463. The molecule has 0 aliphatic rings. The van der Waals surface area contributed by atoms with E-state index in [-0.39, 0.29) is 5.91 Å². The molecule has 24 heavy (non-hydrogen) atoms. The van der Waals surface area contributed by atoms with Gasteiger partial charge in [-0.1, -0.05) is 0 Å². The molecule has 0 spiro atoms. The Morgan fingerprint density at radius 2 is 1.46 bits per heavy atom. The van der Waals surface area contributed by atoms with Crippen LogP contribution in [0.3, 0.4) is 0 Å². The Labute approximate surface area is 153 Å². The van der Waals surface area contributed by atoms with Crippen molar-refractivity contribution in [2.75, 3.05) is 14.1 Å². The molecule has 1 rings (SSSR count). The van der Waals surface area contributed by atoms with E-state index < -0.39 is 18.4 Å². The summed E-state index contributed by atoms with van der Waals surface area (Å²) in [5.41, 5.74) is 0.628. The van der Waals surface area contributed by atoms with Gasteiger partial charge in [0.25, 0.3) is 0 Å². The molecule has 1 amide bonds. The van der Waals surface area contributed by atoms with Gasteiger partial charge in [-0.15, -0.1) is 0 Å². The predicted octanol–water partition coefficient (Wildman–Crippen LogP) is 4.84. The van der Waals surface area contributed by atoms with Gasteiger partial charge >= 0.3 is 153 Å². The minimum atomic E-state index is -2.53. The second-order valence-electron chi connectivity index (χ2n) is 7.20. The first-order valence-corrected chi connectivity index (χ1v) is 17.2. The summed E-state index contributed by atoms with van der Waals surface area (Å²) < 4.78 is 5.50. The van der Waals surface area contributed by atoms with Crippen LogP contribution in [0, 0.1) is 0 Å². The Hall–Kier alpha value is -0.581. The van der Waals surface area contributed by atoms with Crippen LogP contribution >= 0.6 is 0 Å². The van der Waals surface area contributed by atoms with E-state index in [4.69, 9.17) is 4.98 Å². The topological polar surface area (TPSA) is 33.2 Å². The first-order chi connectivity index (χ1) is 11.5. The summed E-state index contributed by atoms with van der Waals surface area (Å²) >= 11 is -2.53. The molecule has 0 unspecified atom stereocenters. The zero-order valence-electron chi connectivity index (χ0n) is 16.4. The van der Waals surface area contributed by atoms with Crippen molar-refractivity contribution in [1.29, 1.82) is 0 Å². The Balaban J connectivity index is 3.23. The minimum absolute atomic E-state index is 0.0264. The summed E-state index contributed by atoms with van der Waals surface area (Å²) in [4.78, 5) is 18.9. The second kappa shape index (κ2) is 11.1. The molecule has 1 heterocycles. The molecule has 0 atom stereocenters. The summed E-state index contributed by atoms with van der Waals surface area (Å²) in [6, 6.07) is 6.18. The van der Waals surface area contributed by atoms with E-state index in [2.05, 4.69) is 32.9 Å². The number of hydrogen-bond donors (Lipinski definition) is 0. The third-order valence-corrected chi connectivity index (χ3v) is 20.1. The molecular weight excluding hydrogens is 403 g/mol. The molecule has 1 aromatic rings. The van der Waals surface area contributed by atoms with Gasteiger partial charge in [0, 0.05) is 0 Å². The maximum atomic E-state index is 12.4. The summed E-state index contributed by atoms with van der Waals surface area (Å²) in [6.45, 7) is 6.86. The van der Waals surface area contributed by atoms with Gasteiger partial charge in [0.1, 0.15) is 0 Å². The fraction of sp³-hybridized carbons (Fsp3) is 0.700. The normalized spacial score (nSPS) is 11.5. The van der Waals surface area contributed by atoms with Crippen LogP contribution in [0.15, 0.2) is 18.2 Å². The van der Waals surface area contributed by atoms with Crippen molar-refractivity contribution in [2.45, 2.75) is 72.6 Å². The fourth-order valence-corrected chi connectivity index (χ4v) is 18.8. The standard InChI is InChI=1S/C8H9N2O.3C4H9.Sn/c1-10(2)8(11)7-5-3-4-6-9-7;3*1-3-4-2;/h3-5H,1-2H3;3*1,3-4H2,2H3;. The molecular formula is C20H36N2OSn. The average Bonchev–Trinajstić information content (AvgIpc) is 2.60. The molecule has 4 heteroatoms. The number of aromatic nitrogens is 1. The van der Waals surface area contributed by atoms with E-state index in [1.807, 2.05) is 6.07 Å². The zero-order valence-corrected chi connectivity index (χ0v) is 19.3. The van der Waals surface area contributed by atoms with Gasteiger partial charge in [-0.25, -0.2) is 0 Å². The van der Waals surface area contributed by atoms with Gasteiger partial charge in [0.2, 0.25) is 0 Å². The van der Waals surface area contributed by atoms with Crippen LogP contribution < -0.4 is 3.71 Å². The molecule has 0 radical (unpaired) electrons. The molecule has 0 N–H and O–H groups in total. The van der Waals surface area contributed by atoms with Crippen LogP contribution in [0.4, 0.5) is 0 Å². The number of amides is 1. The zero-order chi connectivity index (χ0) is 18.0. The van der Waals surface area contributed by atoms with E-state index in [1.165, 1.54) is 55.5 Å². The van der Waals surface area contributed by atoms with Gasteiger partial charge in [-0.3, -0.25) is 0 Å². The van der Waals surface area contributed by atoms with Crippen LogP contribution in [0.25, 0.3) is 0 Å². The van der Waals surface area contributed by atoms with Crippen molar-refractivity contribution >= 4 is 28.0 Å². The van der Waals surface area contributed by atoms with Gasteiger partial charge in [0.15, 0.2) is 0 Å². The second-order valence-corrected chi connectivity index (χ2v) is 20.3. The Kier molecular flexibility index (Phi) is 9.94. The van der Waals surface area contributed by atoms with Crippen molar-refractivity contribution in [3.63, 3.8) is 0 Å². The van der Waals surface area contributed by atoms with Gasteiger partial charge < -0.3 is 0 Å². The molecule has 0 fully saturated rings. The number of hydrogen-bond acceptors (Lipinski definition) is 2. The van der Waals surface area contributed by atoms with Crippen LogP contribution in [-0.4, -0.2) is 48.3 Å². The molecule has 0 saturated heterocycles. The van der Waals surface area contributed by atoms with Gasteiger partial charge in [-0.2, -0.15) is 0 Å². The number of nitrogens with zero attached hydrogens (tertiary/aromatic N) is 2. The van der Waals surface area contributed by atoms with Crippen molar-refractivity contribution in [3.05, 3.63) is 23.9 Å². The van der Waals surface area contributed by atoms with E-state index >= 15 is 0 Å². The number of pyridine rings is 1. The van der Waals surface area contributed by atoms with E-state index in [0.29, 0.717) is 5.69 Å².